The third-order valence-electron chi connectivity index (χ3n) is 1.84. The molecule has 1 unspecified atom stereocenters. The van der Waals surface area contributed by atoms with Gasteiger partial charge in [-0.15, -0.1) is 18.1 Å². The Bertz CT molecular complexity index is 414. The maximum absolute atomic E-state index is 12.7. The molecule has 0 amide bonds. The molecule has 1 aromatic rings. The van der Waals surface area contributed by atoms with E-state index in [1.807, 2.05) is 0 Å². The van der Waals surface area contributed by atoms with E-state index in [4.69, 9.17) is 0 Å². The van der Waals surface area contributed by atoms with Gasteiger partial charge >= 0.3 is 11.7 Å². The highest BCUT2D eigenvalue weighted by atomic mass is 35.5. The molecule has 1 atom stereocenters. The van der Waals surface area contributed by atoms with E-state index in [2.05, 4.69) is 21.5 Å². The quantitative estimate of drug-likeness (QED) is 0.473. The van der Waals surface area contributed by atoms with Crippen LogP contribution < -0.4 is 4.74 Å². The molecule has 0 spiro atoms. The highest BCUT2D eigenvalue weighted by molar-refractivity contribution is 6.22. The Morgan fingerprint density at radius 3 is 1.94 bits per heavy atom. The van der Waals surface area contributed by atoms with Crippen molar-refractivity contribution < 1.29 is 26.7 Å². The number of halogens is 6. The second kappa shape index (κ2) is 5.05. The normalized spacial score (nSPS) is 14.1. The first-order chi connectivity index (χ1) is 8.13. The van der Waals surface area contributed by atoms with Gasteiger partial charge in [0.25, 0.3) is 0 Å². The number of hydrogen-bond acceptors (Lipinski definition) is 3. The number of ether oxygens (including phenoxy) is 1. The summed E-state index contributed by atoms with van der Waals surface area (Å²) >= 11 is 4.64. The minimum absolute atomic E-state index is 0.320. The summed E-state index contributed by atoms with van der Waals surface area (Å²) in [5.74, 6) is -0.603. The first kappa shape index (κ1) is 14.6. The molecular formula is C9H5ClF5NO2. The zero-order valence-corrected chi connectivity index (χ0v) is 9.17. The lowest BCUT2D eigenvalue weighted by molar-refractivity contribution is -0.274. The van der Waals surface area contributed by atoms with E-state index in [0.717, 1.165) is 24.3 Å². The molecular weight excluding hydrogens is 285 g/mol. The fourth-order valence-corrected chi connectivity index (χ4v) is 1.33. The predicted molar refractivity (Wildman–Crippen MR) is 52.5 cm³/mol. The summed E-state index contributed by atoms with van der Waals surface area (Å²) in [6.45, 7) is 0. The highest BCUT2D eigenvalue weighted by Crippen LogP contribution is 2.38. The second-order valence-corrected chi connectivity index (χ2v) is 3.67. The van der Waals surface area contributed by atoms with Crippen molar-refractivity contribution in [2.45, 2.75) is 17.8 Å². The van der Waals surface area contributed by atoms with Gasteiger partial charge in [-0.3, -0.25) is 0 Å². The van der Waals surface area contributed by atoms with E-state index in [-0.39, 0.29) is 5.56 Å². The first-order valence-corrected chi connectivity index (χ1v) is 4.76. The van der Waals surface area contributed by atoms with Crippen LogP contribution in [-0.4, -0.2) is 11.7 Å². The van der Waals surface area contributed by atoms with E-state index < -0.39 is 23.5 Å². The minimum atomic E-state index is -4.89. The molecule has 0 aliphatic heterocycles. The lowest BCUT2D eigenvalue weighted by Gasteiger charge is -2.15. The average Bonchev–Trinajstić information content (AvgIpc) is 2.17. The van der Waals surface area contributed by atoms with Crippen molar-refractivity contribution in [3.8, 4) is 5.75 Å². The molecule has 0 heterocycles. The molecule has 9 heteroatoms. The SMILES string of the molecule is O=NC(c1ccc(OC(F)(F)F)cc1)C(F)(F)Cl. The molecule has 0 radical (unpaired) electrons. The van der Waals surface area contributed by atoms with Crippen molar-refractivity contribution in [1.29, 1.82) is 0 Å². The van der Waals surface area contributed by atoms with Crippen molar-refractivity contribution in [2.24, 2.45) is 5.18 Å². The zero-order chi connectivity index (χ0) is 14.0. The summed E-state index contributed by atoms with van der Waals surface area (Å²) in [6, 6.07) is 1.08. The van der Waals surface area contributed by atoms with Gasteiger partial charge in [-0.2, -0.15) is 8.78 Å². The smallest absolute Gasteiger partial charge is 0.406 e. The maximum atomic E-state index is 12.7. The lowest BCUT2D eigenvalue weighted by atomic mass is 10.1. The summed E-state index contributed by atoms with van der Waals surface area (Å²) in [5, 5.41) is -1.78. The Labute approximate surface area is 102 Å². The Morgan fingerprint density at radius 1 is 1.11 bits per heavy atom. The number of nitroso groups, excluding NO2 is 1. The molecule has 18 heavy (non-hydrogen) atoms. The predicted octanol–water partition coefficient (Wildman–Crippen LogP) is 4.22. The standard InChI is InChI=1S/C9H5ClF5NO2/c10-8(11,12)7(16-17)5-1-3-6(4-2-5)18-9(13,14)15/h1-4,7H. The largest absolute Gasteiger partial charge is 0.573 e. The Balaban J connectivity index is 2.92. The number of rotatable bonds is 4. The van der Waals surface area contributed by atoms with Crippen molar-refractivity contribution in [3.05, 3.63) is 34.7 Å². The maximum Gasteiger partial charge on any atom is 0.573 e. The molecule has 3 nitrogen and oxygen atoms in total. The Kier molecular flexibility index (Phi) is 4.10. The van der Waals surface area contributed by atoms with E-state index >= 15 is 0 Å². The van der Waals surface area contributed by atoms with Crippen LogP contribution in [-0.2, 0) is 0 Å². The van der Waals surface area contributed by atoms with Crippen molar-refractivity contribution in [2.75, 3.05) is 0 Å². The van der Waals surface area contributed by atoms with Gasteiger partial charge in [0.2, 0.25) is 0 Å². The number of alkyl halides is 6. The summed E-state index contributed by atoms with van der Waals surface area (Å²) in [4.78, 5) is 10.2. The lowest BCUT2D eigenvalue weighted by Crippen LogP contribution is -2.18. The van der Waals surface area contributed by atoms with Crippen molar-refractivity contribution >= 4 is 11.6 Å². The molecule has 0 bridgehead atoms. The van der Waals surface area contributed by atoms with Gasteiger partial charge < -0.3 is 4.74 Å². The van der Waals surface area contributed by atoms with E-state index in [1.165, 1.54) is 0 Å². The Hall–Kier alpha value is -1.44. The van der Waals surface area contributed by atoms with Crippen molar-refractivity contribution in [1.82, 2.24) is 0 Å². The third-order valence-corrected chi connectivity index (χ3v) is 2.05. The fraction of sp³-hybridized carbons (Fsp3) is 0.333. The van der Waals surface area contributed by atoms with Crippen LogP contribution >= 0.6 is 11.6 Å². The van der Waals surface area contributed by atoms with Gasteiger partial charge in [-0.25, -0.2) is 0 Å². The van der Waals surface area contributed by atoms with Crippen LogP contribution in [0, 0.1) is 4.91 Å². The molecule has 0 N–H and O–H groups in total. The average molecular weight is 290 g/mol. The minimum Gasteiger partial charge on any atom is -0.406 e. The molecule has 0 aliphatic rings. The molecule has 0 fully saturated rings. The summed E-state index contributed by atoms with van der Waals surface area (Å²) in [7, 11) is 0. The van der Waals surface area contributed by atoms with Gasteiger partial charge in [0.05, 0.1) is 0 Å². The van der Waals surface area contributed by atoms with Gasteiger partial charge in [0.1, 0.15) is 5.75 Å². The van der Waals surface area contributed by atoms with Crippen LogP contribution in [0.5, 0.6) is 5.75 Å². The Morgan fingerprint density at radius 2 is 1.61 bits per heavy atom. The monoisotopic (exact) mass is 289 g/mol. The molecule has 0 saturated carbocycles. The molecule has 1 aromatic carbocycles. The highest BCUT2D eigenvalue weighted by Gasteiger charge is 2.40. The van der Waals surface area contributed by atoms with Crippen LogP contribution in [0.4, 0.5) is 22.0 Å². The third kappa shape index (κ3) is 4.10. The van der Waals surface area contributed by atoms with Gasteiger partial charge in [0, 0.05) is 0 Å². The van der Waals surface area contributed by atoms with Gasteiger partial charge in [0.15, 0.2) is 6.04 Å². The van der Waals surface area contributed by atoms with E-state index in [1.54, 1.807) is 0 Å². The fourth-order valence-electron chi connectivity index (χ4n) is 1.16. The second-order valence-electron chi connectivity index (χ2n) is 3.17. The molecule has 0 aliphatic carbocycles. The van der Waals surface area contributed by atoms with Gasteiger partial charge in [-0.05, 0) is 29.3 Å². The van der Waals surface area contributed by atoms with E-state index in [0.29, 0.717) is 0 Å². The molecule has 0 aromatic heterocycles. The topological polar surface area (TPSA) is 38.7 Å². The van der Waals surface area contributed by atoms with Crippen molar-refractivity contribution in [3.63, 3.8) is 0 Å². The molecule has 100 valence electrons. The summed E-state index contributed by atoms with van der Waals surface area (Å²) in [6.07, 6.45) is -4.89. The first-order valence-electron chi connectivity index (χ1n) is 4.38. The van der Waals surface area contributed by atoms with Gasteiger partial charge in [-0.1, -0.05) is 17.3 Å². The number of benzene rings is 1. The van der Waals surface area contributed by atoms with Crippen LogP contribution in [0.25, 0.3) is 0 Å². The van der Waals surface area contributed by atoms with Crippen LogP contribution in [0.1, 0.15) is 11.6 Å². The zero-order valence-electron chi connectivity index (χ0n) is 8.42. The number of nitrogens with zero attached hydrogens (tertiary/aromatic N) is 1. The van der Waals surface area contributed by atoms with Crippen LogP contribution in [0.15, 0.2) is 29.4 Å². The summed E-state index contributed by atoms with van der Waals surface area (Å²) in [5.41, 5.74) is -0.320. The molecule has 0 saturated heterocycles. The number of hydrogen-bond donors (Lipinski definition) is 0. The summed E-state index contributed by atoms with van der Waals surface area (Å²) < 4.78 is 64.4. The van der Waals surface area contributed by atoms with Crippen LogP contribution in [0.2, 0.25) is 0 Å². The van der Waals surface area contributed by atoms with Crippen LogP contribution in [0.3, 0.4) is 0 Å². The van der Waals surface area contributed by atoms with E-state index in [9.17, 15) is 26.9 Å². The molecule has 1 rings (SSSR count).